The van der Waals surface area contributed by atoms with Crippen molar-refractivity contribution < 1.29 is 4.52 Å². The van der Waals surface area contributed by atoms with Crippen molar-refractivity contribution >= 4 is 5.82 Å². The van der Waals surface area contributed by atoms with Gasteiger partial charge in [-0.15, -0.1) is 0 Å². The van der Waals surface area contributed by atoms with E-state index in [-0.39, 0.29) is 0 Å². The number of nitrogens with zero attached hydrogens (tertiary/aromatic N) is 3. The Morgan fingerprint density at radius 2 is 2.09 bits per heavy atom. The molecule has 3 aromatic rings. The Labute approximate surface area is 134 Å². The molecule has 0 saturated carbocycles. The third-order valence-electron chi connectivity index (χ3n) is 4.19. The molecule has 0 unspecified atom stereocenters. The van der Waals surface area contributed by atoms with Crippen LogP contribution in [0, 0.1) is 6.92 Å². The van der Waals surface area contributed by atoms with Crippen LogP contribution in [0.5, 0.6) is 0 Å². The van der Waals surface area contributed by atoms with Gasteiger partial charge in [-0.25, -0.2) is 4.98 Å². The minimum absolute atomic E-state index is 0.493. The quantitative estimate of drug-likeness (QED) is 0.798. The molecule has 0 amide bonds. The molecular formula is C18H18N4O. The van der Waals surface area contributed by atoms with E-state index in [0.717, 1.165) is 17.9 Å². The minimum atomic E-state index is 0.493. The molecule has 0 radical (unpaired) electrons. The van der Waals surface area contributed by atoms with Gasteiger partial charge in [0.2, 0.25) is 0 Å². The SMILES string of the molecule is Cc1noc(-c2cccnc2NCc2ccc3c(c2)CCC3)n1. The standard InChI is InChI=1S/C18H18N4O/c1-12-21-18(23-22-12)16-6-3-9-19-17(16)20-11-13-7-8-14-4-2-5-15(14)10-13/h3,6-10H,2,4-5,11H2,1H3,(H,19,20). The number of nitrogens with one attached hydrogen (secondary N) is 1. The number of benzene rings is 1. The van der Waals surface area contributed by atoms with Crippen molar-refractivity contribution in [2.24, 2.45) is 0 Å². The molecule has 0 bridgehead atoms. The van der Waals surface area contributed by atoms with Gasteiger partial charge in [-0.05, 0) is 55.0 Å². The molecule has 0 saturated heterocycles. The summed E-state index contributed by atoms with van der Waals surface area (Å²) in [5, 5.41) is 7.24. The zero-order valence-corrected chi connectivity index (χ0v) is 13.0. The van der Waals surface area contributed by atoms with E-state index in [1.54, 1.807) is 13.1 Å². The van der Waals surface area contributed by atoms with E-state index in [0.29, 0.717) is 11.7 Å². The van der Waals surface area contributed by atoms with Gasteiger partial charge < -0.3 is 9.84 Å². The van der Waals surface area contributed by atoms with Crippen molar-refractivity contribution in [3.63, 3.8) is 0 Å². The van der Waals surface area contributed by atoms with Crippen LogP contribution in [-0.2, 0) is 19.4 Å². The Balaban J connectivity index is 1.55. The molecule has 0 fully saturated rings. The summed E-state index contributed by atoms with van der Waals surface area (Å²) >= 11 is 0. The first-order valence-electron chi connectivity index (χ1n) is 7.90. The zero-order valence-electron chi connectivity index (χ0n) is 13.0. The first-order chi connectivity index (χ1) is 11.3. The van der Waals surface area contributed by atoms with Gasteiger partial charge in [0.25, 0.3) is 5.89 Å². The summed E-state index contributed by atoms with van der Waals surface area (Å²) in [6.45, 7) is 2.53. The van der Waals surface area contributed by atoms with Gasteiger partial charge in [-0.3, -0.25) is 0 Å². The third kappa shape index (κ3) is 2.82. The lowest BCUT2D eigenvalue weighted by molar-refractivity contribution is 0.425. The second-order valence-electron chi connectivity index (χ2n) is 5.86. The highest BCUT2D eigenvalue weighted by Gasteiger charge is 2.13. The molecule has 1 aliphatic carbocycles. The number of hydrogen-bond donors (Lipinski definition) is 1. The molecule has 4 rings (SSSR count). The van der Waals surface area contributed by atoms with Crippen molar-refractivity contribution in [1.29, 1.82) is 0 Å². The van der Waals surface area contributed by atoms with Crippen LogP contribution in [0.4, 0.5) is 5.82 Å². The van der Waals surface area contributed by atoms with Crippen LogP contribution in [0.3, 0.4) is 0 Å². The number of hydrogen-bond acceptors (Lipinski definition) is 5. The molecular weight excluding hydrogens is 288 g/mol. The molecule has 5 heteroatoms. The highest BCUT2D eigenvalue weighted by molar-refractivity contribution is 5.68. The summed E-state index contributed by atoms with van der Waals surface area (Å²) in [5.74, 6) is 1.87. The molecule has 0 aliphatic heterocycles. The summed E-state index contributed by atoms with van der Waals surface area (Å²) in [5.41, 5.74) is 5.07. The summed E-state index contributed by atoms with van der Waals surface area (Å²) in [4.78, 5) is 8.70. The fourth-order valence-electron chi connectivity index (χ4n) is 3.05. The lowest BCUT2D eigenvalue weighted by Gasteiger charge is -2.10. The second-order valence-corrected chi connectivity index (χ2v) is 5.86. The Morgan fingerprint density at radius 3 is 2.96 bits per heavy atom. The Kier molecular flexibility index (Phi) is 3.54. The van der Waals surface area contributed by atoms with Crippen molar-refractivity contribution in [1.82, 2.24) is 15.1 Å². The van der Waals surface area contributed by atoms with Crippen molar-refractivity contribution in [3.8, 4) is 11.5 Å². The maximum Gasteiger partial charge on any atom is 0.261 e. The first kappa shape index (κ1) is 13.9. The van der Waals surface area contributed by atoms with Crippen molar-refractivity contribution in [2.45, 2.75) is 32.7 Å². The van der Waals surface area contributed by atoms with Crippen LogP contribution in [0.25, 0.3) is 11.5 Å². The predicted molar refractivity (Wildman–Crippen MR) is 88.1 cm³/mol. The predicted octanol–water partition coefficient (Wildman–Crippen LogP) is 3.54. The Hall–Kier alpha value is -2.69. The fourth-order valence-corrected chi connectivity index (χ4v) is 3.05. The topological polar surface area (TPSA) is 63.8 Å². The smallest absolute Gasteiger partial charge is 0.261 e. The highest BCUT2D eigenvalue weighted by atomic mass is 16.5. The van der Waals surface area contributed by atoms with E-state index < -0.39 is 0 Å². The van der Waals surface area contributed by atoms with Crippen LogP contribution in [-0.4, -0.2) is 15.1 Å². The number of pyridine rings is 1. The molecule has 1 aromatic carbocycles. The maximum absolute atomic E-state index is 5.26. The summed E-state index contributed by atoms with van der Waals surface area (Å²) in [6.07, 6.45) is 5.44. The van der Waals surface area contributed by atoms with Crippen molar-refractivity contribution in [2.75, 3.05) is 5.32 Å². The highest BCUT2D eigenvalue weighted by Crippen LogP contribution is 2.26. The normalized spacial score (nSPS) is 13.1. The first-order valence-corrected chi connectivity index (χ1v) is 7.90. The van der Waals surface area contributed by atoms with Gasteiger partial charge in [0, 0.05) is 12.7 Å². The molecule has 23 heavy (non-hydrogen) atoms. The molecule has 116 valence electrons. The van der Waals surface area contributed by atoms with E-state index in [1.807, 2.05) is 12.1 Å². The van der Waals surface area contributed by atoms with Crippen LogP contribution < -0.4 is 5.32 Å². The summed E-state index contributed by atoms with van der Waals surface area (Å²) in [6, 6.07) is 10.5. The number of anilines is 1. The average Bonchev–Trinajstić information content (AvgIpc) is 3.21. The van der Waals surface area contributed by atoms with Crippen LogP contribution in [0.15, 0.2) is 41.1 Å². The van der Waals surface area contributed by atoms with Gasteiger partial charge in [-0.1, -0.05) is 23.4 Å². The average molecular weight is 306 g/mol. The Morgan fingerprint density at radius 1 is 1.17 bits per heavy atom. The van der Waals surface area contributed by atoms with E-state index in [2.05, 4.69) is 38.6 Å². The van der Waals surface area contributed by atoms with E-state index in [1.165, 1.54) is 36.0 Å². The number of rotatable bonds is 4. The maximum atomic E-state index is 5.26. The van der Waals surface area contributed by atoms with E-state index in [9.17, 15) is 0 Å². The number of aryl methyl sites for hydroxylation is 3. The van der Waals surface area contributed by atoms with Gasteiger partial charge in [0.1, 0.15) is 5.82 Å². The molecule has 2 aromatic heterocycles. The second kappa shape index (κ2) is 5.83. The summed E-state index contributed by atoms with van der Waals surface area (Å²) in [7, 11) is 0. The zero-order chi connectivity index (χ0) is 15.6. The molecule has 1 N–H and O–H groups in total. The van der Waals surface area contributed by atoms with Crippen LogP contribution in [0.2, 0.25) is 0 Å². The molecule has 0 spiro atoms. The van der Waals surface area contributed by atoms with Gasteiger partial charge in [-0.2, -0.15) is 4.98 Å². The number of aromatic nitrogens is 3. The molecule has 0 atom stereocenters. The van der Waals surface area contributed by atoms with Crippen LogP contribution in [0.1, 0.15) is 28.9 Å². The van der Waals surface area contributed by atoms with Gasteiger partial charge in [0.15, 0.2) is 5.82 Å². The van der Waals surface area contributed by atoms with Crippen molar-refractivity contribution in [3.05, 3.63) is 59.0 Å². The monoisotopic (exact) mass is 306 g/mol. The van der Waals surface area contributed by atoms with E-state index in [4.69, 9.17) is 4.52 Å². The molecule has 2 heterocycles. The molecule has 1 aliphatic rings. The number of fused-ring (bicyclic) bond motifs is 1. The summed E-state index contributed by atoms with van der Waals surface area (Å²) < 4.78 is 5.26. The lowest BCUT2D eigenvalue weighted by Crippen LogP contribution is -2.03. The Bertz CT molecular complexity index is 841. The third-order valence-corrected chi connectivity index (χ3v) is 4.19. The van der Waals surface area contributed by atoms with E-state index >= 15 is 0 Å². The largest absolute Gasteiger partial charge is 0.365 e. The van der Waals surface area contributed by atoms with Gasteiger partial charge in [0.05, 0.1) is 5.56 Å². The lowest BCUT2D eigenvalue weighted by atomic mass is 10.1. The van der Waals surface area contributed by atoms with Gasteiger partial charge >= 0.3 is 0 Å². The fraction of sp³-hybridized carbons (Fsp3) is 0.278. The minimum Gasteiger partial charge on any atom is -0.365 e. The van der Waals surface area contributed by atoms with Crippen LogP contribution >= 0.6 is 0 Å². The molecule has 5 nitrogen and oxygen atoms in total.